The highest BCUT2D eigenvalue weighted by Crippen LogP contribution is 2.43. The summed E-state index contributed by atoms with van der Waals surface area (Å²) < 4.78 is 2.37. The number of rotatable bonds is 3. The highest BCUT2D eigenvalue weighted by molar-refractivity contribution is 6.27. The molecule has 0 aliphatic carbocycles. The van der Waals surface area contributed by atoms with Gasteiger partial charge in [-0.15, -0.1) is 0 Å². The second-order valence-corrected chi connectivity index (χ2v) is 13.0. The Morgan fingerprint density at radius 2 is 0.959 bits per heavy atom. The van der Waals surface area contributed by atoms with Gasteiger partial charge in [0.2, 0.25) is 0 Å². The average molecular weight is 622 g/mol. The standard InChI is InChI=1S/C46H27N3/c1-3-9-41-36(7-1)37-8-2-4-10-42(37)49(41)33-20-13-28(14-21-33)34-22-15-29-18-25-39-35(23-16-30-17-24-38(34)43(29)44(30)39)40-26-19-32-12-11-31-6-5-27-47-45(31)46(32)48-40/h1-27H. The highest BCUT2D eigenvalue weighted by atomic mass is 15.0. The molecule has 0 bridgehead atoms. The van der Waals surface area contributed by atoms with Gasteiger partial charge in [0.05, 0.1) is 27.8 Å². The third kappa shape index (κ3) is 3.78. The Morgan fingerprint density at radius 3 is 1.67 bits per heavy atom. The smallest absolute Gasteiger partial charge is 0.0972 e. The van der Waals surface area contributed by atoms with E-state index in [0.717, 1.165) is 38.8 Å². The summed E-state index contributed by atoms with van der Waals surface area (Å²) in [7, 11) is 0. The van der Waals surface area contributed by atoms with Crippen molar-refractivity contribution in [2.24, 2.45) is 0 Å². The minimum Gasteiger partial charge on any atom is -0.309 e. The Morgan fingerprint density at radius 1 is 0.388 bits per heavy atom. The van der Waals surface area contributed by atoms with E-state index in [0.29, 0.717) is 0 Å². The van der Waals surface area contributed by atoms with Gasteiger partial charge < -0.3 is 4.57 Å². The molecule has 11 aromatic rings. The van der Waals surface area contributed by atoms with Gasteiger partial charge in [0.25, 0.3) is 0 Å². The van der Waals surface area contributed by atoms with E-state index < -0.39 is 0 Å². The third-order valence-electron chi connectivity index (χ3n) is 10.4. The normalized spacial score (nSPS) is 12.1. The summed E-state index contributed by atoms with van der Waals surface area (Å²) in [6.45, 7) is 0. The second kappa shape index (κ2) is 9.96. The monoisotopic (exact) mass is 621 g/mol. The predicted octanol–water partition coefficient (Wildman–Crippen LogP) is 12.1. The number of aromatic nitrogens is 3. The fourth-order valence-corrected chi connectivity index (χ4v) is 8.14. The molecule has 0 saturated carbocycles. The number of pyridine rings is 2. The van der Waals surface area contributed by atoms with E-state index in [1.165, 1.54) is 65.3 Å². The molecule has 3 heteroatoms. The number of hydrogen-bond donors (Lipinski definition) is 0. The Kier molecular flexibility index (Phi) is 5.38. The van der Waals surface area contributed by atoms with Crippen LogP contribution in [0.25, 0.3) is 104 Å². The number of para-hydroxylation sites is 2. The van der Waals surface area contributed by atoms with Gasteiger partial charge in [-0.05, 0) is 79.8 Å². The quantitative estimate of drug-likeness (QED) is 0.184. The summed E-state index contributed by atoms with van der Waals surface area (Å²) in [6.07, 6.45) is 1.85. The van der Waals surface area contributed by atoms with Gasteiger partial charge in [-0.25, -0.2) is 4.98 Å². The molecule has 0 atom stereocenters. The van der Waals surface area contributed by atoms with Crippen LogP contribution in [-0.4, -0.2) is 14.5 Å². The van der Waals surface area contributed by atoms with Gasteiger partial charge in [-0.3, -0.25) is 4.98 Å². The van der Waals surface area contributed by atoms with Crippen LogP contribution in [0.1, 0.15) is 0 Å². The molecule has 0 fully saturated rings. The van der Waals surface area contributed by atoms with Crippen LogP contribution in [0.15, 0.2) is 164 Å². The van der Waals surface area contributed by atoms with Gasteiger partial charge in [-0.1, -0.05) is 121 Å². The van der Waals surface area contributed by atoms with Crippen molar-refractivity contribution in [1.82, 2.24) is 14.5 Å². The summed E-state index contributed by atoms with van der Waals surface area (Å²) in [5, 5.41) is 12.3. The van der Waals surface area contributed by atoms with Crippen LogP contribution < -0.4 is 0 Å². The van der Waals surface area contributed by atoms with E-state index in [1.54, 1.807) is 0 Å². The van der Waals surface area contributed by atoms with Crippen molar-refractivity contribution in [2.45, 2.75) is 0 Å². The van der Waals surface area contributed by atoms with Crippen LogP contribution in [0, 0.1) is 0 Å². The maximum atomic E-state index is 5.22. The van der Waals surface area contributed by atoms with Gasteiger partial charge >= 0.3 is 0 Å². The summed E-state index contributed by atoms with van der Waals surface area (Å²) >= 11 is 0. The lowest BCUT2D eigenvalue weighted by Gasteiger charge is -2.17. The molecular weight excluding hydrogens is 595 g/mol. The molecule has 0 aliphatic heterocycles. The minimum atomic E-state index is 0.938. The van der Waals surface area contributed by atoms with E-state index in [-0.39, 0.29) is 0 Å². The first kappa shape index (κ1) is 26.5. The zero-order chi connectivity index (χ0) is 32.1. The van der Waals surface area contributed by atoms with Gasteiger partial charge in [0.15, 0.2) is 0 Å². The summed E-state index contributed by atoms with van der Waals surface area (Å²) in [4.78, 5) is 9.92. The van der Waals surface area contributed by atoms with Crippen molar-refractivity contribution in [2.75, 3.05) is 0 Å². The predicted molar refractivity (Wildman–Crippen MR) is 206 cm³/mol. The lowest BCUT2D eigenvalue weighted by Crippen LogP contribution is -1.94. The SMILES string of the molecule is c1cnc2c(c1)ccc1ccc(-c3ccc4ccc5c(-c6ccc(-n7c8ccccc8c8ccccc87)cc6)ccc6ccc3c4c65)nc12. The molecule has 226 valence electrons. The second-order valence-electron chi connectivity index (χ2n) is 13.0. The largest absolute Gasteiger partial charge is 0.309 e. The zero-order valence-electron chi connectivity index (χ0n) is 26.4. The molecule has 49 heavy (non-hydrogen) atoms. The Bertz CT molecular complexity index is 3040. The van der Waals surface area contributed by atoms with Crippen LogP contribution in [0.5, 0.6) is 0 Å². The molecule has 0 radical (unpaired) electrons. The van der Waals surface area contributed by atoms with Gasteiger partial charge in [0.1, 0.15) is 0 Å². The van der Waals surface area contributed by atoms with Crippen molar-refractivity contribution >= 4 is 75.9 Å². The molecule has 11 rings (SSSR count). The number of hydrogen-bond acceptors (Lipinski definition) is 2. The summed E-state index contributed by atoms with van der Waals surface area (Å²) in [6, 6.07) is 57.2. The molecule has 0 N–H and O–H groups in total. The number of benzene rings is 8. The van der Waals surface area contributed by atoms with Crippen LogP contribution in [0.3, 0.4) is 0 Å². The van der Waals surface area contributed by atoms with Crippen molar-refractivity contribution in [3.63, 3.8) is 0 Å². The molecule has 0 spiro atoms. The molecule has 3 heterocycles. The van der Waals surface area contributed by atoms with Crippen LogP contribution in [0.2, 0.25) is 0 Å². The third-order valence-corrected chi connectivity index (χ3v) is 10.4. The maximum Gasteiger partial charge on any atom is 0.0972 e. The van der Waals surface area contributed by atoms with Crippen LogP contribution in [0.4, 0.5) is 0 Å². The molecular formula is C46H27N3. The molecule has 3 nitrogen and oxygen atoms in total. The van der Waals surface area contributed by atoms with Crippen molar-refractivity contribution in [3.05, 3.63) is 164 Å². The van der Waals surface area contributed by atoms with Crippen molar-refractivity contribution in [3.8, 4) is 28.1 Å². The Balaban J connectivity index is 1.08. The summed E-state index contributed by atoms with van der Waals surface area (Å²) in [5.41, 5.74) is 10.0. The fourth-order valence-electron chi connectivity index (χ4n) is 8.14. The van der Waals surface area contributed by atoms with Crippen molar-refractivity contribution < 1.29 is 0 Å². The maximum absolute atomic E-state index is 5.22. The molecule has 0 aliphatic rings. The molecule has 3 aromatic heterocycles. The fraction of sp³-hybridized carbons (Fsp3) is 0. The topological polar surface area (TPSA) is 30.7 Å². The number of fused-ring (bicyclic) bond motifs is 6. The Labute approximate surface area is 281 Å². The lowest BCUT2D eigenvalue weighted by atomic mass is 9.88. The molecule has 0 saturated heterocycles. The van der Waals surface area contributed by atoms with E-state index in [9.17, 15) is 0 Å². The molecule has 0 unspecified atom stereocenters. The highest BCUT2D eigenvalue weighted by Gasteiger charge is 2.17. The zero-order valence-corrected chi connectivity index (χ0v) is 26.4. The van der Waals surface area contributed by atoms with Crippen LogP contribution in [-0.2, 0) is 0 Å². The van der Waals surface area contributed by atoms with Gasteiger partial charge in [0, 0.05) is 39.0 Å². The molecule has 8 aromatic carbocycles. The first-order chi connectivity index (χ1) is 24.3. The Hall–Kier alpha value is -6.58. The average Bonchev–Trinajstić information content (AvgIpc) is 3.51. The molecule has 0 amide bonds. The first-order valence-corrected chi connectivity index (χ1v) is 16.7. The number of nitrogens with zero attached hydrogens (tertiary/aromatic N) is 3. The van der Waals surface area contributed by atoms with Gasteiger partial charge in [-0.2, -0.15) is 0 Å². The first-order valence-electron chi connectivity index (χ1n) is 16.7. The van der Waals surface area contributed by atoms with E-state index >= 15 is 0 Å². The minimum absolute atomic E-state index is 0.938. The lowest BCUT2D eigenvalue weighted by molar-refractivity contribution is 1.18. The summed E-state index contributed by atoms with van der Waals surface area (Å²) in [5.74, 6) is 0. The van der Waals surface area contributed by atoms with E-state index in [2.05, 4.69) is 156 Å². The van der Waals surface area contributed by atoms with E-state index in [4.69, 9.17) is 9.97 Å². The van der Waals surface area contributed by atoms with Crippen LogP contribution >= 0.6 is 0 Å². The van der Waals surface area contributed by atoms with Crippen molar-refractivity contribution in [1.29, 1.82) is 0 Å². The van der Waals surface area contributed by atoms with E-state index in [1.807, 2.05) is 12.3 Å².